The van der Waals surface area contributed by atoms with E-state index in [1.165, 1.54) is 0 Å². The first kappa shape index (κ1) is 15.5. The standard InChI is InChI=1S/C18H18N4O3/c1-24-14-4-2-3-12(5-14)15-6-16(25-21-15)17(23)22-8-13-7-18(13,10-22)9-20-11-19/h2-6,13,20H,7-10H2,1H3. The van der Waals surface area contributed by atoms with E-state index in [1.807, 2.05) is 30.5 Å². The number of amides is 1. The van der Waals surface area contributed by atoms with E-state index < -0.39 is 0 Å². The second kappa shape index (κ2) is 5.81. The summed E-state index contributed by atoms with van der Waals surface area (Å²) in [7, 11) is 1.60. The van der Waals surface area contributed by atoms with E-state index in [-0.39, 0.29) is 17.1 Å². The van der Waals surface area contributed by atoms with Crippen molar-refractivity contribution in [3.05, 3.63) is 36.1 Å². The topological polar surface area (TPSA) is 91.4 Å². The van der Waals surface area contributed by atoms with Gasteiger partial charge in [-0.1, -0.05) is 17.3 Å². The van der Waals surface area contributed by atoms with E-state index in [1.54, 1.807) is 18.1 Å². The molecule has 0 spiro atoms. The van der Waals surface area contributed by atoms with Gasteiger partial charge in [0.25, 0.3) is 5.91 Å². The van der Waals surface area contributed by atoms with Crippen LogP contribution in [0.25, 0.3) is 11.3 Å². The average molecular weight is 338 g/mol. The van der Waals surface area contributed by atoms with Crippen LogP contribution in [-0.2, 0) is 0 Å². The molecular formula is C18H18N4O3. The zero-order valence-corrected chi connectivity index (χ0v) is 13.9. The number of aromatic nitrogens is 1. The number of rotatable bonds is 5. The minimum Gasteiger partial charge on any atom is -0.497 e. The molecule has 4 rings (SSSR count). The molecule has 2 fully saturated rings. The number of likely N-dealkylation sites (tertiary alicyclic amines) is 1. The van der Waals surface area contributed by atoms with Gasteiger partial charge in [-0.15, -0.1) is 0 Å². The van der Waals surface area contributed by atoms with Crippen LogP contribution in [0.1, 0.15) is 17.0 Å². The van der Waals surface area contributed by atoms with Gasteiger partial charge in [0.15, 0.2) is 6.19 Å². The van der Waals surface area contributed by atoms with Crippen molar-refractivity contribution in [2.24, 2.45) is 11.3 Å². The highest BCUT2D eigenvalue weighted by Gasteiger charge is 2.60. The lowest BCUT2D eigenvalue weighted by Gasteiger charge is -2.19. The van der Waals surface area contributed by atoms with Crippen molar-refractivity contribution in [1.82, 2.24) is 15.4 Å². The van der Waals surface area contributed by atoms with Crippen LogP contribution in [0.3, 0.4) is 0 Å². The van der Waals surface area contributed by atoms with Gasteiger partial charge in [-0.2, -0.15) is 5.26 Å². The number of nitrogens with one attached hydrogen (secondary N) is 1. The SMILES string of the molecule is COc1cccc(-c2cc(C(=O)N3CC4CC4(CNC#N)C3)on2)c1. The molecule has 2 unspecified atom stereocenters. The number of ether oxygens (including phenoxy) is 1. The number of fused-ring (bicyclic) bond motifs is 1. The number of carbonyl (C=O) groups is 1. The Labute approximate surface area is 145 Å². The molecule has 0 radical (unpaired) electrons. The first-order valence-electron chi connectivity index (χ1n) is 8.17. The molecule has 7 nitrogen and oxygen atoms in total. The van der Waals surface area contributed by atoms with Crippen LogP contribution in [-0.4, -0.2) is 42.7 Å². The van der Waals surface area contributed by atoms with Crippen LogP contribution in [0.5, 0.6) is 5.75 Å². The van der Waals surface area contributed by atoms with Crippen LogP contribution >= 0.6 is 0 Å². The summed E-state index contributed by atoms with van der Waals surface area (Å²) in [6.07, 6.45) is 3.03. The number of hydrogen-bond donors (Lipinski definition) is 1. The van der Waals surface area contributed by atoms with Crippen molar-refractivity contribution in [3.8, 4) is 23.2 Å². The van der Waals surface area contributed by atoms with Gasteiger partial charge in [-0.3, -0.25) is 4.79 Å². The van der Waals surface area contributed by atoms with Crippen molar-refractivity contribution in [1.29, 1.82) is 5.26 Å². The summed E-state index contributed by atoms with van der Waals surface area (Å²) in [6.45, 7) is 1.99. The molecule has 2 atom stereocenters. The van der Waals surface area contributed by atoms with Crippen LogP contribution in [0.2, 0.25) is 0 Å². The summed E-state index contributed by atoms with van der Waals surface area (Å²) in [4.78, 5) is 14.5. The Morgan fingerprint density at radius 1 is 1.56 bits per heavy atom. The van der Waals surface area contributed by atoms with Crippen molar-refractivity contribution in [3.63, 3.8) is 0 Å². The van der Waals surface area contributed by atoms with Crippen LogP contribution in [0.4, 0.5) is 0 Å². The molecule has 1 aromatic heterocycles. The van der Waals surface area contributed by atoms with Gasteiger partial charge in [0.2, 0.25) is 5.76 Å². The first-order chi connectivity index (χ1) is 12.1. The lowest BCUT2D eigenvalue weighted by Crippen LogP contribution is -2.34. The molecule has 128 valence electrons. The fourth-order valence-electron chi connectivity index (χ4n) is 3.69. The van der Waals surface area contributed by atoms with E-state index in [0.29, 0.717) is 31.2 Å². The predicted molar refractivity (Wildman–Crippen MR) is 88.6 cm³/mol. The van der Waals surface area contributed by atoms with Crippen molar-refractivity contribution >= 4 is 5.91 Å². The number of benzene rings is 1. The van der Waals surface area contributed by atoms with Gasteiger partial charge < -0.3 is 19.5 Å². The van der Waals surface area contributed by atoms with E-state index in [9.17, 15) is 4.79 Å². The van der Waals surface area contributed by atoms with Gasteiger partial charge in [-0.25, -0.2) is 0 Å². The first-order valence-corrected chi connectivity index (χ1v) is 8.17. The van der Waals surface area contributed by atoms with E-state index in [4.69, 9.17) is 14.5 Å². The summed E-state index contributed by atoms with van der Waals surface area (Å²) in [5.74, 6) is 1.28. The number of nitriles is 1. The highest BCUT2D eigenvalue weighted by atomic mass is 16.5. The maximum atomic E-state index is 12.7. The number of nitrogens with zero attached hydrogens (tertiary/aromatic N) is 3. The maximum Gasteiger partial charge on any atom is 0.292 e. The summed E-state index contributed by atoms with van der Waals surface area (Å²) in [5, 5.41) is 15.4. The van der Waals surface area contributed by atoms with Gasteiger partial charge in [0, 0.05) is 36.7 Å². The fraction of sp³-hybridized carbons (Fsp3) is 0.389. The second-order valence-electron chi connectivity index (χ2n) is 6.72. The zero-order chi connectivity index (χ0) is 17.4. The zero-order valence-electron chi connectivity index (χ0n) is 13.9. The summed E-state index contributed by atoms with van der Waals surface area (Å²) in [6, 6.07) is 9.12. The lowest BCUT2D eigenvalue weighted by molar-refractivity contribution is 0.0723. The molecule has 1 aliphatic carbocycles. The molecule has 0 bridgehead atoms. The molecule has 7 heteroatoms. The molecule has 1 N–H and O–H groups in total. The highest BCUT2D eigenvalue weighted by molar-refractivity contribution is 5.92. The van der Waals surface area contributed by atoms with Crippen molar-refractivity contribution in [2.75, 3.05) is 26.7 Å². The minimum atomic E-state index is -0.148. The van der Waals surface area contributed by atoms with Crippen LogP contribution in [0, 0.1) is 22.8 Å². The highest BCUT2D eigenvalue weighted by Crippen LogP contribution is 2.57. The molecular weight excluding hydrogens is 320 g/mol. The molecule has 1 aromatic carbocycles. The van der Waals surface area contributed by atoms with E-state index in [2.05, 4.69) is 10.5 Å². The molecule has 1 aliphatic heterocycles. The Hall–Kier alpha value is -3.01. The Bertz CT molecular complexity index is 856. The molecule has 25 heavy (non-hydrogen) atoms. The van der Waals surface area contributed by atoms with Gasteiger partial charge in [0.1, 0.15) is 11.4 Å². The third-order valence-electron chi connectivity index (χ3n) is 5.20. The number of carbonyl (C=O) groups excluding carboxylic acids is 1. The molecule has 2 aromatic rings. The molecule has 2 aliphatic rings. The summed E-state index contributed by atoms with van der Waals surface area (Å²) in [5.41, 5.74) is 1.50. The quantitative estimate of drug-likeness (QED) is 0.661. The van der Waals surface area contributed by atoms with Crippen molar-refractivity contribution < 1.29 is 14.1 Å². The van der Waals surface area contributed by atoms with Gasteiger partial charge in [-0.05, 0) is 24.5 Å². The van der Waals surface area contributed by atoms with E-state index in [0.717, 1.165) is 17.7 Å². The second-order valence-corrected chi connectivity index (χ2v) is 6.72. The van der Waals surface area contributed by atoms with Gasteiger partial charge in [0.05, 0.1) is 7.11 Å². The predicted octanol–water partition coefficient (Wildman–Crippen LogP) is 1.88. The molecule has 1 saturated heterocycles. The Morgan fingerprint density at radius 3 is 3.24 bits per heavy atom. The third kappa shape index (κ3) is 2.70. The largest absolute Gasteiger partial charge is 0.497 e. The summed E-state index contributed by atoms with van der Waals surface area (Å²) >= 11 is 0. The molecule has 1 saturated carbocycles. The number of hydrogen-bond acceptors (Lipinski definition) is 6. The average Bonchev–Trinajstić information content (AvgIpc) is 3.02. The third-order valence-corrected chi connectivity index (χ3v) is 5.20. The number of methoxy groups -OCH3 is 1. The number of piperidine rings is 1. The lowest BCUT2D eigenvalue weighted by atomic mass is 10.1. The van der Waals surface area contributed by atoms with Gasteiger partial charge >= 0.3 is 0 Å². The Balaban J connectivity index is 1.47. The smallest absolute Gasteiger partial charge is 0.292 e. The molecule has 1 amide bonds. The fourth-order valence-corrected chi connectivity index (χ4v) is 3.69. The maximum absolute atomic E-state index is 12.7. The Kier molecular flexibility index (Phi) is 3.61. The Morgan fingerprint density at radius 2 is 2.44 bits per heavy atom. The minimum absolute atomic E-state index is 0.0566. The summed E-state index contributed by atoms with van der Waals surface area (Å²) < 4.78 is 10.5. The molecule has 2 heterocycles. The normalized spacial score (nSPS) is 23.7. The van der Waals surface area contributed by atoms with Crippen LogP contribution in [0.15, 0.2) is 34.9 Å². The van der Waals surface area contributed by atoms with Crippen molar-refractivity contribution in [2.45, 2.75) is 6.42 Å². The van der Waals surface area contributed by atoms with E-state index >= 15 is 0 Å². The monoisotopic (exact) mass is 338 g/mol. The van der Waals surface area contributed by atoms with Crippen LogP contribution < -0.4 is 10.1 Å².